The number of amides is 2. The van der Waals surface area contributed by atoms with Crippen LogP contribution in [0.25, 0.3) is 0 Å². The summed E-state index contributed by atoms with van der Waals surface area (Å²) in [5.41, 5.74) is 1.59. The fourth-order valence-electron chi connectivity index (χ4n) is 1.16. The Morgan fingerprint density at radius 2 is 2.31 bits per heavy atom. The van der Waals surface area contributed by atoms with Gasteiger partial charge in [0.25, 0.3) is 0 Å². The number of halogens is 1. The Morgan fingerprint density at radius 3 is 3.00 bits per heavy atom. The van der Waals surface area contributed by atoms with Gasteiger partial charge in [0.15, 0.2) is 0 Å². The van der Waals surface area contributed by atoms with Crippen molar-refractivity contribution in [3.63, 3.8) is 0 Å². The topological polar surface area (TPSA) is 41.1 Å². The number of carbonyl (C=O) groups is 1. The van der Waals surface area contributed by atoms with Crippen LogP contribution in [0.2, 0.25) is 0 Å². The molecule has 0 radical (unpaired) electrons. The molecule has 0 spiro atoms. The average Bonchev–Trinajstić information content (AvgIpc) is 2.27. The first-order chi connectivity index (χ1) is 7.76. The molecule has 1 aromatic rings. The van der Waals surface area contributed by atoms with E-state index in [-0.39, 0.29) is 6.03 Å². The van der Waals surface area contributed by atoms with E-state index in [1.54, 1.807) is 13.0 Å². The molecule has 0 bridgehead atoms. The third-order valence-electron chi connectivity index (χ3n) is 1.77. The largest absolute Gasteiger partial charge is 0.337 e. The van der Waals surface area contributed by atoms with Crippen molar-refractivity contribution in [1.29, 1.82) is 0 Å². The average molecular weight is 237 g/mol. The van der Waals surface area contributed by atoms with E-state index in [9.17, 15) is 4.79 Å². The number of rotatable bonds is 3. The molecule has 84 valence electrons. The summed E-state index contributed by atoms with van der Waals surface area (Å²) in [5, 5.41) is 5.31. The van der Waals surface area contributed by atoms with Crippen molar-refractivity contribution in [2.45, 2.75) is 6.92 Å². The Morgan fingerprint density at radius 1 is 1.50 bits per heavy atom. The molecule has 0 fully saturated rings. The highest BCUT2D eigenvalue weighted by Crippen LogP contribution is 2.09. The second-order valence-corrected chi connectivity index (χ2v) is 3.40. The second kappa shape index (κ2) is 6.76. The van der Waals surface area contributed by atoms with Crippen molar-refractivity contribution in [3.05, 3.63) is 29.8 Å². The summed E-state index contributed by atoms with van der Waals surface area (Å²) in [6.45, 7) is 2.22. The van der Waals surface area contributed by atoms with E-state index in [0.717, 1.165) is 5.56 Å². The summed E-state index contributed by atoms with van der Waals surface area (Å²) in [5.74, 6) is 6.12. The lowest BCUT2D eigenvalue weighted by atomic mass is 10.2. The lowest BCUT2D eigenvalue weighted by molar-refractivity contribution is 0.252. The summed E-state index contributed by atoms with van der Waals surface area (Å²) in [6.07, 6.45) is 0. The maximum atomic E-state index is 11.3. The van der Waals surface area contributed by atoms with Crippen LogP contribution in [0.15, 0.2) is 24.3 Å². The normalized spacial score (nSPS) is 8.88. The number of alkyl halides is 1. The zero-order chi connectivity index (χ0) is 11.8. The van der Waals surface area contributed by atoms with Gasteiger partial charge in [-0.15, -0.1) is 17.5 Å². The summed E-state index contributed by atoms with van der Waals surface area (Å²) in [4.78, 5) is 11.3. The molecular weight excluding hydrogens is 224 g/mol. The smallest absolute Gasteiger partial charge is 0.319 e. The number of hydrogen-bond donors (Lipinski definition) is 2. The predicted octanol–water partition coefficient (Wildman–Crippen LogP) is 2.42. The molecule has 16 heavy (non-hydrogen) atoms. The van der Waals surface area contributed by atoms with Gasteiger partial charge in [0.05, 0.1) is 0 Å². The standard InChI is InChI=1S/C12H13ClN2O/c1-2-4-10-5-3-6-11(9-10)15-12(16)14-8-7-13/h3,5-6,9H,7-8H2,1H3,(H2,14,15,16). The molecule has 2 amide bonds. The molecule has 0 aliphatic carbocycles. The summed E-state index contributed by atoms with van der Waals surface area (Å²) in [7, 11) is 0. The van der Waals surface area contributed by atoms with Gasteiger partial charge in [0.2, 0.25) is 0 Å². The molecule has 0 heterocycles. The van der Waals surface area contributed by atoms with E-state index < -0.39 is 0 Å². The summed E-state index contributed by atoms with van der Waals surface area (Å²) in [6, 6.07) is 7.09. The zero-order valence-corrected chi connectivity index (χ0v) is 9.77. The molecule has 0 saturated carbocycles. The predicted molar refractivity (Wildman–Crippen MR) is 66.7 cm³/mol. The highest BCUT2D eigenvalue weighted by molar-refractivity contribution is 6.18. The van der Waals surface area contributed by atoms with Crippen LogP contribution in [0.1, 0.15) is 12.5 Å². The minimum atomic E-state index is -0.262. The molecular formula is C12H13ClN2O. The SMILES string of the molecule is CC#Cc1cccc(NC(=O)NCCCl)c1. The lowest BCUT2D eigenvalue weighted by Gasteiger charge is -2.06. The maximum Gasteiger partial charge on any atom is 0.319 e. The maximum absolute atomic E-state index is 11.3. The fraction of sp³-hybridized carbons (Fsp3) is 0.250. The van der Waals surface area contributed by atoms with Crippen LogP contribution in [-0.4, -0.2) is 18.5 Å². The minimum Gasteiger partial charge on any atom is -0.337 e. The van der Waals surface area contributed by atoms with E-state index >= 15 is 0 Å². The van der Waals surface area contributed by atoms with Crippen molar-refractivity contribution in [1.82, 2.24) is 5.32 Å². The second-order valence-electron chi connectivity index (χ2n) is 3.03. The molecule has 0 aliphatic heterocycles. The van der Waals surface area contributed by atoms with Gasteiger partial charge in [-0.2, -0.15) is 0 Å². The Hall–Kier alpha value is -1.66. The first-order valence-electron chi connectivity index (χ1n) is 4.90. The Balaban J connectivity index is 2.62. The Bertz CT molecular complexity index is 421. The van der Waals surface area contributed by atoms with Gasteiger partial charge in [-0.25, -0.2) is 4.79 Å². The van der Waals surface area contributed by atoms with E-state index in [0.29, 0.717) is 18.1 Å². The lowest BCUT2D eigenvalue weighted by Crippen LogP contribution is -2.30. The molecule has 4 heteroatoms. The Labute approximate surface area is 100 Å². The van der Waals surface area contributed by atoms with Crippen molar-refractivity contribution in [2.75, 3.05) is 17.7 Å². The van der Waals surface area contributed by atoms with Crippen molar-refractivity contribution < 1.29 is 4.79 Å². The van der Waals surface area contributed by atoms with E-state index in [4.69, 9.17) is 11.6 Å². The highest BCUT2D eigenvalue weighted by atomic mass is 35.5. The third-order valence-corrected chi connectivity index (χ3v) is 1.96. The Kier molecular flexibility index (Phi) is 5.24. The van der Waals surface area contributed by atoms with Crippen LogP contribution in [0, 0.1) is 11.8 Å². The number of benzene rings is 1. The number of anilines is 1. The van der Waals surface area contributed by atoms with E-state index in [2.05, 4.69) is 22.5 Å². The van der Waals surface area contributed by atoms with Crippen LogP contribution < -0.4 is 10.6 Å². The highest BCUT2D eigenvalue weighted by Gasteiger charge is 2.00. The van der Waals surface area contributed by atoms with Gasteiger partial charge in [0.1, 0.15) is 0 Å². The van der Waals surface area contributed by atoms with Crippen LogP contribution >= 0.6 is 11.6 Å². The number of nitrogens with one attached hydrogen (secondary N) is 2. The van der Waals surface area contributed by atoms with Gasteiger partial charge in [-0.1, -0.05) is 12.0 Å². The first-order valence-corrected chi connectivity index (χ1v) is 5.43. The molecule has 0 unspecified atom stereocenters. The first kappa shape index (κ1) is 12.4. The van der Waals surface area contributed by atoms with Gasteiger partial charge < -0.3 is 10.6 Å². The van der Waals surface area contributed by atoms with Gasteiger partial charge in [-0.3, -0.25) is 0 Å². The number of hydrogen-bond acceptors (Lipinski definition) is 1. The molecule has 3 nitrogen and oxygen atoms in total. The molecule has 0 aromatic heterocycles. The molecule has 0 saturated heterocycles. The van der Waals surface area contributed by atoms with Crippen molar-refractivity contribution in [3.8, 4) is 11.8 Å². The quantitative estimate of drug-likeness (QED) is 0.614. The van der Waals surface area contributed by atoms with Crippen LogP contribution in [0.5, 0.6) is 0 Å². The fourth-order valence-corrected chi connectivity index (χ4v) is 1.25. The summed E-state index contributed by atoms with van der Waals surface area (Å²) < 4.78 is 0. The van der Waals surface area contributed by atoms with Crippen LogP contribution in [0.3, 0.4) is 0 Å². The van der Waals surface area contributed by atoms with E-state index in [1.165, 1.54) is 0 Å². The number of urea groups is 1. The molecule has 2 N–H and O–H groups in total. The molecule has 1 aromatic carbocycles. The van der Waals surface area contributed by atoms with E-state index in [1.807, 2.05) is 18.2 Å². The molecule has 0 aliphatic rings. The molecule has 1 rings (SSSR count). The molecule has 0 atom stereocenters. The van der Waals surface area contributed by atoms with Crippen molar-refractivity contribution >= 4 is 23.3 Å². The van der Waals surface area contributed by atoms with Gasteiger partial charge in [0, 0.05) is 23.7 Å². The van der Waals surface area contributed by atoms with Crippen LogP contribution in [-0.2, 0) is 0 Å². The van der Waals surface area contributed by atoms with Gasteiger partial charge >= 0.3 is 6.03 Å². The summed E-state index contributed by atoms with van der Waals surface area (Å²) >= 11 is 5.45. The third kappa shape index (κ3) is 4.24. The minimum absolute atomic E-state index is 0.262. The zero-order valence-electron chi connectivity index (χ0n) is 9.01. The number of carbonyl (C=O) groups excluding carboxylic acids is 1. The van der Waals surface area contributed by atoms with Crippen LogP contribution in [0.4, 0.5) is 10.5 Å². The van der Waals surface area contributed by atoms with Gasteiger partial charge in [-0.05, 0) is 25.1 Å². The van der Waals surface area contributed by atoms with Crippen molar-refractivity contribution in [2.24, 2.45) is 0 Å². The monoisotopic (exact) mass is 236 g/mol.